The SMILES string of the molecule is CN1CCC(C)(CNc2ccc(C(=O)N(C)C)nn2)CC1. The molecule has 0 bridgehead atoms. The molecule has 1 aromatic rings. The third kappa shape index (κ3) is 4.14. The molecular weight excluding hydrogens is 266 g/mol. The molecule has 1 aliphatic rings. The van der Waals surface area contributed by atoms with Crippen LogP contribution in [0.25, 0.3) is 0 Å². The molecule has 1 fully saturated rings. The topological polar surface area (TPSA) is 61.4 Å². The molecule has 0 atom stereocenters. The first-order valence-corrected chi connectivity index (χ1v) is 7.37. The van der Waals surface area contributed by atoms with Gasteiger partial charge in [0.05, 0.1) is 0 Å². The van der Waals surface area contributed by atoms with Gasteiger partial charge in [-0.3, -0.25) is 4.79 Å². The van der Waals surface area contributed by atoms with Crippen LogP contribution in [0.5, 0.6) is 0 Å². The van der Waals surface area contributed by atoms with E-state index in [1.54, 1.807) is 20.2 Å². The summed E-state index contributed by atoms with van der Waals surface area (Å²) in [7, 11) is 5.58. The second-order valence-electron chi connectivity index (χ2n) is 6.47. The second kappa shape index (κ2) is 6.39. The summed E-state index contributed by atoms with van der Waals surface area (Å²) in [5.74, 6) is 0.599. The van der Waals surface area contributed by atoms with Gasteiger partial charge in [-0.05, 0) is 50.5 Å². The fourth-order valence-electron chi connectivity index (χ4n) is 2.41. The predicted molar refractivity (Wildman–Crippen MR) is 83.4 cm³/mol. The van der Waals surface area contributed by atoms with Gasteiger partial charge in [-0.1, -0.05) is 6.92 Å². The summed E-state index contributed by atoms with van der Waals surface area (Å²) >= 11 is 0. The van der Waals surface area contributed by atoms with Crippen molar-refractivity contribution in [3.8, 4) is 0 Å². The highest BCUT2D eigenvalue weighted by Crippen LogP contribution is 2.30. The number of nitrogens with zero attached hydrogens (tertiary/aromatic N) is 4. The molecule has 1 N–H and O–H groups in total. The molecule has 0 radical (unpaired) electrons. The molecule has 0 spiro atoms. The number of hydrogen-bond donors (Lipinski definition) is 1. The molecule has 0 saturated carbocycles. The van der Waals surface area contributed by atoms with Crippen LogP contribution in [0.4, 0.5) is 5.82 Å². The van der Waals surface area contributed by atoms with Crippen molar-refractivity contribution in [2.45, 2.75) is 19.8 Å². The Hall–Kier alpha value is -1.69. The Morgan fingerprint density at radius 3 is 2.52 bits per heavy atom. The number of piperidine rings is 1. The van der Waals surface area contributed by atoms with Gasteiger partial charge in [0.25, 0.3) is 5.91 Å². The van der Waals surface area contributed by atoms with Crippen molar-refractivity contribution in [3.05, 3.63) is 17.8 Å². The number of hydrogen-bond acceptors (Lipinski definition) is 5. The number of nitrogens with one attached hydrogen (secondary N) is 1. The summed E-state index contributed by atoms with van der Waals surface area (Å²) < 4.78 is 0. The Labute approximate surface area is 126 Å². The zero-order valence-electron chi connectivity index (χ0n) is 13.4. The van der Waals surface area contributed by atoms with Gasteiger partial charge in [0, 0.05) is 20.6 Å². The van der Waals surface area contributed by atoms with Crippen molar-refractivity contribution in [1.82, 2.24) is 20.0 Å². The van der Waals surface area contributed by atoms with Crippen LogP contribution in [-0.2, 0) is 0 Å². The van der Waals surface area contributed by atoms with E-state index in [1.165, 1.54) is 17.7 Å². The zero-order valence-corrected chi connectivity index (χ0v) is 13.4. The van der Waals surface area contributed by atoms with E-state index in [0.717, 1.165) is 25.5 Å². The first kappa shape index (κ1) is 15.7. The number of anilines is 1. The minimum Gasteiger partial charge on any atom is -0.368 e. The molecule has 1 aromatic heterocycles. The summed E-state index contributed by atoms with van der Waals surface area (Å²) in [6.45, 7) is 5.47. The lowest BCUT2D eigenvalue weighted by atomic mass is 9.80. The quantitative estimate of drug-likeness (QED) is 0.906. The first-order chi connectivity index (χ1) is 9.89. The number of rotatable bonds is 4. The van der Waals surface area contributed by atoms with Gasteiger partial charge in [0.15, 0.2) is 5.69 Å². The third-order valence-electron chi connectivity index (χ3n) is 4.18. The molecule has 6 heteroatoms. The van der Waals surface area contributed by atoms with E-state index in [4.69, 9.17) is 0 Å². The molecule has 1 amide bonds. The first-order valence-electron chi connectivity index (χ1n) is 7.37. The Morgan fingerprint density at radius 2 is 2.00 bits per heavy atom. The molecule has 0 aliphatic carbocycles. The van der Waals surface area contributed by atoms with Crippen molar-refractivity contribution in [1.29, 1.82) is 0 Å². The maximum absolute atomic E-state index is 11.7. The van der Waals surface area contributed by atoms with Crippen LogP contribution >= 0.6 is 0 Å². The van der Waals surface area contributed by atoms with Crippen LogP contribution in [0.3, 0.4) is 0 Å². The Balaban J connectivity index is 1.90. The lowest BCUT2D eigenvalue weighted by Gasteiger charge is -2.38. The third-order valence-corrected chi connectivity index (χ3v) is 4.18. The minimum absolute atomic E-state index is 0.128. The predicted octanol–water partition coefficient (Wildman–Crippen LogP) is 1.32. The van der Waals surface area contributed by atoms with Crippen LogP contribution in [0.1, 0.15) is 30.3 Å². The van der Waals surface area contributed by atoms with Crippen molar-refractivity contribution >= 4 is 11.7 Å². The number of likely N-dealkylation sites (tertiary alicyclic amines) is 1. The summed E-state index contributed by atoms with van der Waals surface area (Å²) in [6.07, 6.45) is 2.36. The van der Waals surface area contributed by atoms with Crippen LogP contribution in [0.15, 0.2) is 12.1 Å². The molecule has 21 heavy (non-hydrogen) atoms. The lowest BCUT2D eigenvalue weighted by Crippen LogP contribution is -2.40. The summed E-state index contributed by atoms with van der Waals surface area (Å²) in [5.41, 5.74) is 0.669. The highest BCUT2D eigenvalue weighted by Gasteiger charge is 2.28. The molecule has 6 nitrogen and oxygen atoms in total. The number of aromatic nitrogens is 2. The molecule has 1 aliphatic heterocycles. The van der Waals surface area contributed by atoms with E-state index < -0.39 is 0 Å². The summed E-state index contributed by atoms with van der Waals surface area (Å²) in [6, 6.07) is 3.54. The summed E-state index contributed by atoms with van der Waals surface area (Å²) in [4.78, 5) is 15.6. The smallest absolute Gasteiger partial charge is 0.273 e. The Kier molecular flexibility index (Phi) is 4.77. The number of carbonyl (C=O) groups excluding carboxylic acids is 1. The fraction of sp³-hybridized carbons (Fsp3) is 0.667. The average Bonchev–Trinajstić information content (AvgIpc) is 2.48. The largest absolute Gasteiger partial charge is 0.368 e. The van der Waals surface area contributed by atoms with Crippen LogP contribution < -0.4 is 5.32 Å². The monoisotopic (exact) mass is 291 g/mol. The highest BCUT2D eigenvalue weighted by molar-refractivity contribution is 5.91. The average molecular weight is 291 g/mol. The number of amides is 1. The van der Waals surface area contributed by atoms with Crippen LogP contribution in [0.2, 0.25) is 0 Å². The second-order valence-corrected chi connectivity index (χ2v) is 6.47. The normalized spacial score (nSPS) is 18.3. The van der Waals surface area contributed by atoms with Crippen LogP contribution in [-0.4, -0.2) is 66.7 Å². The van der Waals surface area contributed by atoms with Crippen molar-refractivity contribution in [2.24, 2.45) is 5.41 Å². The van der Waals surface area contributed by atoms with E-state index in [2.05, 4.69) is 34.4 Å². The maximum Gasteiger partial charge on any atom is 0.273 e. The van der Waals surface area contributed by atoms with Gasteiger partial charge in [0.1, 0.15) is 5.82 Å². The molecule has 1 saturated heterocycles. The Bertz CT molecular complexity index is 477. The molecule has 2 rings (SSSR count). The minimum atomic E-state index is -0.128. The van der Waals surface area contributed by atoms with Gasteiger partial charge in [0.2, 0.25) is 0 Å². The highest BCUT2D eigenvalue weighted by atomic mass is 16.2. The van der Waals surface area contributed by atoms with Crippen molar-refractivity contribution in [3.63, 3.8) is 0 Å². The zero-order chi connectivity index (χ0) is 15.5. The maximum atomic E-state index is 11.7. The summed E-state index contributed by atoms with van der Waals surface area (Å²) in [5, 5.41) is 11.4. The van der Waals surface area contributed by atoms with Gasteiger partial charge >= 0.3 is 0 Å². The van der Waals surface area contributed by atoms with Crippen molar-refractivity contribution in [2.75, 3.05) is 46.1 Å². The standard InChI is InChI=1S/C15H25N5O/c1-15(7-9-20(4)10-8-15)11-16-13-6-5-12(17-18-13)14(21)19(2)3/h5-6H,7-11H2,1-4H3,(H,16,18). The van der Waals surface area contributed by atoms with E-state index >= 15 is 0 Å². The van der Waals surface area contributed by atoms with Gasteiger partial charge in [-0.2, -0.15) is 0 Å². The van der Waals surface area contributed by atoms with Gasteiger partial charge in [-0.25, -0.2) is 0 Å². The number of carbonyl (C=O) groups is 1. The van der Waals surface area contributed by atoms with Gasteiger partial charge in [-0.15, -0.1) is 10.2 Å². The van der Waals surface area contributed by atoms with E-state index in [0.29, 0.717) is 11.1 Å². The molecule has 2 heterocycles. The molecule has 0 unspecified atom stereocenters. The molecule has 116 valence electrons. The fourth-order valence-corrected chi connectivity index (χ4v) is 2.41. The molecule has 0 aromatic carbocycles. The van der Waals surface area contributed by atoms with E-state index in [1.807, 2.05) is 6.07 Å². The Morgan fingerprint density at radius 1 is 1.33 bits per heavy atom. The van der Waals surface area contributed by atoms with Crippen LogP contribution in [0, 0.1) is 5.41 Å². The molecular formula is C15H25N5O. The van der Waals surface area contributed by atoms with E-state index in [9.17, 15) is 4.79 Å². The van der Waals surface area contributed by atoms with Gasteiger partial charge < -0.3 is 15.1 Å². The lowest BCUT2D eigenvalue weighted by molar-refractivity contribution is 0.0821. The van der Waals surface area contributed by atoms with Crippen molar-refractivity contribution < 1.29 is 4.79 Å². The van der Waals surface area contributed by atoms with E-state index in [-0.39, 0.29) is 5.91 Å².